The van der Waals surface area contributed by atoms with Gasteiger partial charge in [-0.15, -0.1) is 0 Å². The van der Waals surface area contributed by atoms with Gasteiger partial charge in [0, 0.05) is 38.6 Å². The first-order valence-electron chi connectivity index (χ1n) is 20.5. The van der Waals surface area contributed by atoms with Crippen molar-refractivity contribution in [2.24, 2.45) is 0 Å². The second-order valence-corrected chi connectivity index (χ2v) is 20.1. The summed E-state index contributed by atoms with van der Waals surface area (Å²) in [5.74, 6) is 0.735. The summed E-state index contributed by atoms with van der Waals surface area (Å²) in [6.45, 7) is 4.76. The zero-order valence-electron chi connectivity index (χ0n) is 32.9. The van der Waals surface area contributed by atoms with Gasteiger partial charge in [0.1, 0.15) is 0 Å². The Bertz CT molecular complexity index is 3250. The molecule has 1 aliphatic heterocycles. The van der Waals surface area contributed by atoms with E-state index in [9.17, 15) is 0 Å². The number of rotatable bonds is 5. The fraction of sp³-hybridized carbons (Fsp3) is 0.0545. The third-order valence-corrected chi connectivity index (χ3v) is 17.8. The SMILES string of the molecule is CC1(C)c2ccccc2-c2ccc3c(c21)c1ccccc1n3-c1cccc(-c2nc(-c3ccccc3)c3c(n2)[Si](c2ccccc2)(c2ccccc2)c2ccccc2-3)c1. The van der Waals surface area contributed by atoms with Gasteiger partial charge < -0.3 is 4.57 Å². The summed E-state index contributed by atoms with van der Waals surface area (Å²) < 4.78 is 2.45. The minimum absolute atomic E-state index is 0.139. The van der Waals surface area contributed by atoms with Gasteiger partial charge in [-0.2, -0.15) is 0 Å². The molecule has 0 saturated carbocycles. The molecule has 1 aliphatic carbocycles. The Kier molecular flexibility index (Phi) is 7.29. The van der Waals surface area contributed by atoms with Crippen LogP contribution in [0.25, 0.3) is 72.4 Å². The number of nitrogens with zero attached hydrogens (tertiary/aromatic N) is 3. The van der Waals surface area contributed by atoms with Crippen LogP contribution in [0.2, 0.25) is 0 Å². The predicted octanol–water partition coefficient (Wildman–Crippen LogP) is 10.6. The molecule has 3 heterocycles. The molecule has 0 atom stereocenters. The van der Waals surface area contributed by atoms with Crippen molar-refractivity contribution in [2.45, 2.75) is 19.3 Å². The van der Waals surface area contributed by atoms with E-state index in [4.69, 9.17) is 9.97 Å². The fourth-order valence-corrected chi connectivity index (χ4v) is 15.6. The third-order valence-electron chi connectivity index (χ3n) is 13.0. The van der Waals surface area contributed by atoms with E-state index in [2.05, 4.69) is 219 Å². The van der Waals surface area contributed by atoms with Crippen molar-refractivity contribution < 1.29 is 0 Å². The molecule has 59 heavy (non-hydrogen) atoms. The molecule has 3 nitrogen and oxygen atoms in total. The second kappa shape index (κ2) is 12.7. The zero-order chi connectivity index (χ0) is 39.3. The molecule has 278 valence electrons. The van der Waals surface area contributed by atoms with Crippen molar-refractivity contribution in [3.8, 4) is 50.6 Å². The first-order valence-corrected chi connectivity index (χ1v) is 22.5. The first kappa shape index (κ1) is 33.9. The van der Waals surface area contributed by atoms with Crippen LogP contribution in [0.15, 0.2) is 200 Å². The number of aromatic nitrogens is 3. The Morgan fingerprint density at radius 1 is 0.492 bits per heavy atom. The lowest BCUT2D eigenvalue weighted by molar-refractivity contribution is 0.666. The maximum absolute atomic E-state index is 5.81. The fourth-order valence-electron chi connectivity index (χ4n) is 10.6. The molecule has 0 fully saturated rings. The van der Waals surface area contributed by atoms with Crippen molar-refractivity contribution in [3.63, 3.8) is 0 Å². The van der Waals surface area contributed by atoms with E-state index in [1.54, 1.807) is 0 Å². The maximum Gasteiger partial charge on any atom is 0.203 e. The molecule has 0 unspecified atom stereocenters. The lowest BCUT2D eigenvalue weighted by atomic mass is 9.80. The molecule has 8 aromatic carbocycles. The van der Waals surface area contributed by atoms with Crippen molar-refractivity contribution >= 4 is 50.8 Å². The Morgan fingerprint density at radius 3 is 1.88 bits per heavy atom. The summed E-state index contributed by atoms with van der Waals surface area (Å²) in [6, 6.07) is 73.2. The molecule has 12 rings (SSSR count). The summed E-state index contributed by atoms with van der Waals surface area (Å²) in [7, 11) is -2.90. The Balaban J connectivity index is 1.13. The van der Waals surface area contributed by atoms with Gasteiger partial charge in [0.2, 0.25) is 8.07 Å². The van der Waals surface area contributed by atoms with Crippen LogP contribution in [-0.2, 0) is 5.41 Å². The van der Waals surface area contributed by atoms with E-state index in [-0.39, 0.29) is 5.41 Å². The highest BCUT2D eigenvalue weighted by Gasteiger charge is 2.51. The maximum atomic E-state index is 5.81. The van der Waals surface area contributed by atoms with E-state index in [1.807, 2.05) is 0 Å². The van der Waals surface area contributed by atoms with Crippen LogP contribution in [0, 0.1) is 0 Å². The molecule has 0 spiro atoms. The summed E-state index contributed by atoms with van der Waals surface area (Å²) in [4.78, 5) is 11.4. The normalized spacial score (nSPS) is 14.2. The average molecular weight is 770 g/mol. The molecule has 4 heteroatoms. The lowest BCUT2D eigenvalue weighted by Gasteiger charge is -2.30. The highest BCUT2D eigenvalue weighted by atomic mass is 28.3. The molecule has 0 saturated heterocycles. The summed E-state index contributed by atoms with van der Waals surface area (Å²) in [5.41, 5.74) is 14.2. The van der Waals surface area contributed by atoms with Crippen LogP contribution in [0.5, 0.6) is 0 Å². The Hall–Kier alpha value is -7.14. The average Bonchev–Trinajstić information content (AvgIpc) is 3.88. The molecule has 0 bridgehead atoms. The van der Waals surface area contributed by atoms with Crippen LogP contribution < -0.4 is 20.9 Å². The van der Waals surface area contributed by atoms with Crippen molar-refractivity contribution in [3.05, 3.63) is 211 Å². The summed E-state index contributed by atoms with van der Waals surface area (Å²) >= 11 is 0. The van der Waals surface area contributed by atoms with E-state index in [0.29, 0.717) is 0 Å². The van der Waals surface area contributed by atoms with Gasteiger partial charge in [-0.05, 0) is 67.6 Å². The third kappa shape index (κ3) is 4.69. The molecule has 0 radical (unpaired) electrons. The van der Waals surface area contributed by atoms with E-state index in [0.717, 1.165) is 39.2 Å². The molecule has 2 aromatic heterocycles. The van der Waals surface area contributed by atoms with Crippen LogP contribution >= 0.6 is 0 Å². The van der Waals surface area contributed by atoms with Crippen molar-refractivity contribution in [1.29, 1.82) is 0 Å². The highest BCUT2D eigenvalue weighted by molar-refractivity contribution is 7.21. The van der Waals surface area contributed by atoms with Gasteiger partial charge in [0.05, 0.1) is 22.0 Å². The summed E-state index contributed by atoms with van der Waals surface area (Å²) in [5, 5.41) is 7.72. The van der Waals surface area contributed by atoms with E-state index < -0.39 is 8.07 Å². The molecule has 0 N–H and O–H groups in total. The molecular weight excluding hydrogens is 731 g/mol. The first-order chi connectivity index (χ1) is 29.0. The van der Waals surface area contributed by atoms with Gasteiger partial charge in [0.15, 0.2) is 5.82 Å². The largest absolute Gasteiger partial charge is 0.309 e. The number of para-hydroxylation sites is 1. The standard InChI is InChI=1S/C55H39N3Si/c1-55(2)45-30-15-12-27-41(45)42-33-34-47-49(51(42)55)43-28-13-16-31-46(43)58(47)38-22-18-21-37(35-38)53-56-52(36-19-6-3-7-20-36)50-44-29-14-17-32-48(44)59(54(50)57-53,39-23-8-4-9-24-39)40-25-10-5-11-26-40/h3-35H,1-2H3. The number of hydrogen-bond donors (Lipinski definition) is 0. The Morgan fingerprint density at radius 2 is 1.12 bits per heavy atom. The predicted molar refractivity (Wildman–Crippen MR) is 247 cm³/mol. The van der Waals surface area contributed by atoms with Crippen molar-refractivity contribution in [1.82, 2.24) is 14.5 Å². The van der Waals surface area contributed by atoms with Gasteiger partial charge >= 0.3 is 0 Å². The van der Waals surface area contributed by atoms with Crippen LogP contribution in [0.3, 0.4) is 0 Å². The summed E-state index contributed by atoms with van der Waals surface area (Å²) in [6.07, 6.45) is 0. The molecule has 2 aliphatic rings. The Labute approximate surface area is 345 Å². The van der Waals surface area contributed by atoms with Crippen LogP contribution in [0.4, 0.5) is 0 Å². The molecule has 0 amide bonds. The van der Waals surface area contributed by atoms with Gasteiger partial charge in [-0.1, -0.05) is 190 Å². The van der Waals surface area contributed by atoms with Gasteiger partial charge in [-0.25, -0.2) is 9.97 Å². The zero-order valence-corrected chi connectivity index (χ0v) is 33.9. The smallest absolute Gasteiger partial charge is 0.203 e. The minimum atomic E-state index is -2.90. The van der Waals surface area contributed by atoms with E-state index in [1.165, 1.54) is 65.2 Å². The topological polar surface area (TPSA) is 30.7 Å². The van der Waals surface area contributed by atoms with E-state index >= 15 is 0 Å². The minimum Gasteiger partial charge on any atom is -0.309 e. The van der Waals surface area contributed by atoms with Gasteiger partial charge in [0.25, 0.3) is 0 Å². The van der Waals surface area contributed by atoms with Gasteiger partial charge in [-0.3, -0.25) is 0 Å². The van der Waals surface area contributed by atoms with Crippen molar-refractivity contribution in [2.75, 3.05) is 0 Å². The quantitative estimate of drug-likeness (QED) is 0.163. The molecule has 10 aromatic rings. The van der Waals surface area contributed by atoms with Crippen LogP contribution in [0.1, 0.15) is 25.0 Å². The number of benzene rings is 8. The molecular formula is C55H39N3Si. The lowest BCUT2D eigenvalue weighted by Crippen LogP contribution is -2.73. The second-order valence-electron chi connectivity index (χ2n) is 16.5. The van der Waals surface area contributed by atoms with Crippen LogP contribution in [-0.4, -0.2) is 22.6 Å². The number of fused-ring (bicyclic) bond motifs is 10. The monoisotopic (exact) mass is 769 g/mol. The number of hydrogen-bond acceptors (Lipinski definition) is 2. The highest BCUT2D eigenvalue weighted by Crippen LogP contribution is 2.53.